The van der Waals surface area contributed by atoms with Crippen LogP contribution < -0.4 is 5.32 Å². The zero-order valence-corrected chi connectivity index (χ0v) is 12.3. The number of carbonyl (C=O) groups excluding carboxylic acids is 1. The van der Waals surface area contributed by atoms with Crippen LogP contribution in [0.3, 0.4) is 0 Å². The normalized spacial score (nSPS) is 10.3. The van der Waals surface area contributed by atoms with Crippen LogP contribution in [0.2, 0.25) is 0 Å². The van der Waals surface area contributed by atoms with Gasteiger partial charge in [0.1, 0.15) is 0 Å². The molecule has 1 heterocycles. The predicted molar refractivity (Wildman–Crippen MR) is 76.6 cm³/mol. The Morgan fingerprint density at radius 2 is 2.33 bits per heavy atom. The summed E-state index contributed by atoms with van der Waals surface area (Å²) in [5.41, 5.74) is 1.95. The molecular weight excluding hydrogens is 268 g/mol. The molecule has 100 valence electrons. The second kappa shape index (κ2) is 7.45. The van der Waals surface area contributed by atoms with Gasteiger partial charge in [0.25, 0.3) is 0 Å². The molecule has 0 unspecified atom stereocenters. The van der Waals surface area contributed by atoms with Crippen LogP contribution in [0.1, 0.15) is 17.5 Å². The molecule has 0 aliphatic rings. The largest absolute Gasteiger partial charge is 0.375 e. The van der Waals surface area contributed by atoms with Gasteiger partial charge in [-0.15, -0.1) is 11.3 Å². The lowest BCUT2D eigenvalue weighted by molar-refractivity contribution is -0.120. The molecule has 0 aliphatic heterocycles. The van der Waals surface area contributed by atoms with Crippen molar-refractivity contribution in [2.45, 2.75) is 20.3 Å². The summed E-state index contributed by atoms with van der Waals surface area (Å²) in [5, 5.41) is 2.81. The summed E-state index contributed by atoms with van der Waals surface area (Å²) >= 11 is 6.47. The van der Waals surface area contributed by atoms with Gasteiger partial charge in [-0.2, -0.15) is 0 Å². The second-order valence-electron chi connectivity index (χ2n) is 4.10. The van der Waals surface area contributed by atoms with Crippen molar-refractivity contribution in [3.05, 3.63) is 26.7 Å². The molecule has 0 fully saturated rings. The third-order valence-corrected chi connectivity index (χ3v) is 3.50. The number of aryl methyl sites for hydroxylation is 1. The fourth-order valence-corrected chi connectivity index (χ4v) is 2.61. The highest BCUT2D eigenvalue weighted by Gasteiger charge is 2.07. The van der Waals surface area contributed by atoms with E-state index in [1.54, 1.807) is 0 Å². The summed E-state index contributed by atoms with van der Waals surface area (Å²) < 4.78 is 6.00. The van der Waals surface area contributed by atoms with Gasteiger partial charge in [-0.05, 0) is 26.1 Å². The van der Waals surface area contributed by atoms with Gasteiger partial charge < -0.3 is 15.0 Å². The lowest BCUT2D eigenvalue weighted by Crippen LogP contribution is -2.28. The Bertz CT molecular complexity index is 477. The molecule has 0 spiro atoms. The van der Waals surface area contributed by atoms with Crippen molar-refractivity contribution < 1.29 is 9.53 Å². The number of amides is 1. The molecule has 0 radical (unpaired) electrons. The first kappa shape index (κ1) is 15.1. The summed E-state index contributed by atoms with van der Waals surface area (Å²) in [6.07, 6.45) is 0.365. The number of carbonyl (C=O) groups is 1. The van der Waals surface area contributed by atoms with E-state index in [2.05, 4.69) is 16.9 Å². The van der Waals surface area contributed by atoms with E-state index in [1.165, 1.54) is 11.3 Å². The zero-order chi connectivity index (χ0) is 13.5. The minimum Gasteiger partial charge on any atom is -0.375 e. The van der Waals surface area contributed by atoms with Crippen LogP contribution in [0.25, 0.3) is 0 Å². The summed E-state index contributed by atoms with van der Waals surface area (Å²) in [6.45, 7) is 9.11. The number of hydrogen-bond acceptors (Lipinski definition) is 4. The van der Waals surface area contributed by atoms with Gasteiger partial charge in [0, 0.05) is 17.1 Å². The Hall–Kier alpha value is -0.980. The van der Waals surface area contributed by atoms with E-state index in [4.69, 9.17) is 17.0 Å². The van der Waals surface area contributed by atoms with Gasteiger partial charge >= 0.3 is 0 Å². The number of aromatic nitrogens is 1. The Morgan fingerprint density at radius 1 is 1.61 bits per heavy atom. The minimum atomic E-state index is -0.0118. The smallest absolute Gasteiger partial charge is 0.225 e. The number of nitrogens with one attached hydrogen (secondary N) is 2. The molecule has 6 heteroatoms. The third kappa shape index (κ3) is 5.57. The lowest BCUT2D eigenvalue weighted by Gasteiger charge is -2.05. The maximum Gasteiger partial charge on any atom is 0.225 e. The number of thiazole rings is 1. The Kier molecular flexibility index (Phi) is 6.24. The van der Waals surface area contributed by atoms with Crippen molar-refractivity contribution in [1.29, 1.82) is 0 Å². The molecule has 0 bridgehead atoms. The van der Waals surface area contributed by atoms with Gasteiger partial charge in [0.2, 0.25) is 5.91 Å². The topological polar surface area (TPSA) is 54.1 Å². The molecule has 0 aliphatic carbocycles. The van der Waals surface area contributed by atoms with E-state index < -0.39 is 0 Å². The average molecular weight is 286 g/mol. The van der Waals surface area contributed by atoms with Crippen molar-refractivity contribution in [2.75, 3.05) is 19.8 Å². The van der Waals surface area contributed by atoms with Gasteiger partial charge in [-0.3, -0.25) is 4.79 Å². The van der Waals surface area contributed by atoms with Gasteiger partial charge in [-0.25, -0.2) is 0 Å². The zero-order valence-electron chi connectivity index (χ0n) is 10.7. The van der Waals surface area contributed by atoms with E-state index >= 15 is 0 Å². The van der Waals surface area contributed by atoms with E-state index in [1.807, 2.05) is 13.8 Å². The van der Waals surface area contributed by atoms with E-state index in [0.29, 0.717) is 30.1 Å². The Morgan fingerprint density at radius 3 is 2.89 bits per heavy atom. The first-order chi connectivity index (χ1) is 8.49. The Labute approximate surface area is 116 Å². The molecule has 1 rings (SSSR count). The molecule has 1 amide bonds. The summed E-state index contributed by atoms with van der Waals surface area (Å²) in [7, 11) is 0. The van der Waals surface area contributed by atoms with E-state index in [0.717, 1.165) is 16.1 Å². The molecule has 0 aromatic carbocycles. The van der Waals surface area contributed by atoms with E-state index in [9.17, 15) is 4.79 Å². The predicted octanol–water partition coefficient (Wildman–Crippen LogP) is 2.37. The summed E-state index contributed by atoms with van der Waals surface area (Å²) in [5.74, 6) is -0.0118. The van der Waals surface area contributed by atoms with Gasteiger partial charge in [-0.1, -0.05) is 12.2 Å². The van der Waals surface area contributed by atoms with Crippen LogP contribution in [0.15, 0.2) is 12.2 Å². The standard InChI is InChI=1S/C12H18N2O2S2/c1-8(2)7-16-5-4-13-11(15)6-10-9(3)14-12(17)18-10/h1,4-7H2,2-3H3,(H,13,15)(H,14,17). The maximum absolute atomic E-state index is 11.6. The van der Waals surface area contributed by atoms with E-state index in [-0.39, 0.29) is 5.91 Å². The fraction of sp³-hybridized carbons (Fsp3) is 0.500. The molecule has 4 nitrogen and oxygen atoms in total. The summed E-state index contributed by atoms with van der Waals surface area (Å²) in [4.78, 5) is 15.7. The molecule has 1 aromatic heterocycles. The number of hydrogen-bond donors (Lipinski definition) is 2. The van der Waals surface area contributed by atoms with Crippen molar-refractivity contribution in [2.24, 2.45) is 0 Å². The van der Waals surface area contributed by atoms with Crippen molar-refractivity contribution in [1.82, 2.24) is 10.3 Å². The lowest BCUT2D eigenvalue weighted by atomic mass is 10.3. The van der Waals surface area contributed by atoms with Crippen LogP contribution in [0.4, 0.5) is 0 Å². The molecule has 2 N–H and O–H groups in total. The number of rotatable bonds is 7. The average Bonchev–Trinajstić information content (AvgIpc) is 2.56. The number of H-pyrrole nitrogens is 1. The highest BCUT2D eigenvalue weighted by Crippen LogP contribution is 2.14. The van der Waals surface area contributed by atoms with Crippen LogP contribution in [0, 0.1) is 10.9 Å². The minimum absolute atomic E-state index is 0.0118. The van der Waals surface area contributed by atoms with Gasteiger partial charge in [0.15, 0.2) is 3.95 Å². The highest BCUT2D eigenvalue weighted by atomic mass is 32.1. The molecule has 0 atom stereocenters. The van der Waals surface area contributed by atoms with Crippen molar-refractivity contribution in [3.63, 3.8) is 0 Å². The second-order valence-corrected chi connectivity index (χ2v) is 5.87. The highest BCUT2D eigenvalue weighted by molar-refractivity contribution is 7.73. The van der Waals surface area contributed by atoms with Crippen LogP contribution >= 0.6 is 23.6 Å². The van der Waals surface area contributed by atoms with Gasteiger partial charge in [0.05, 0.1) is 19.6 Å². The quantitative estimate of drug-likeness (QED) is 0.460. The fourth-order valence-electron chi connectivity index (χ4n) is 1.32. The molecular formula is C12H18N2O2S2. The Balaban J connectivity index is 2.24. The number of ether oxygens (including phenoxy) is 1. The molecule has 0 saturated heterocycles. The first-order valence-electron chi connectivity index (χ1n) is 5.66. The van der Waals surface area contributed by atoms with Crippen LogP contribution in [0.5, 0.6) is 0 Å². The SMILES string of the molecule is C=C(C)COCCNC(=O)Cc1sc(=S)[nH]c1C. The number of aromatic amines is 1. The van der Waals surface area contributed by atoms with Crippen molar-refractivity contribution in [3.8, 4) is 0 Å². The molecule has 0 saturated carbocycles. The third-order valence-electron chi connectivity index (χ3n) is 2.16. The van der Waals surface area contributed by atoms with Crippen LogP contribution in [-0.2, 0) is 16.0 Å². The molecule has 1 aromatic rings. The van der Waals surface area contributed by atoms with Crippen molar-refractivity contribution >= 4 is 29.5 Å². The monoisotopic (exact) mass is 286 g/mol. The van der Waals surface area contributed by atoms with Crippen LogP contribution in [-0.4, -0.2) is 30.6 Å². The first-order valence-corrected chi connectivity index (χ1v) is 6.89. The molecule has 18 heavy (non-hydrogen) atoms. The maximum atomic E-state index is 11.6. The summed E-state index contributed by atoms with van der Waals surface area (Å²) in [6, 6.07) is 0.